The molecule has 0 atom stereocenters. The van der Waals surface area contributed by atoms with Gasteiger partial charge in [0.15, 0.2) is 15.6 Å². The van der Waals surface area contributed by atoms with Crippen LogP contribution in [0.1, 0.15) is 16.8 Å². The first-order valence-corrected chi connectivity index (χ1v) is 8.00. The van der Waals surface area contributed by atoms with Gasteiger partial charge in [0.05, 0.1) is 23.6 Å². The number of sulfone groups is 1. The molecule has 1 aromatic carbocycles. The van der Waals surface area contributed by atoms with E-state index in [0.717, 1.165) is 0 Å². The molecule has 1 heterocycles. The first kappa shape index (κ1) is 14.1. The van der Waals surface area contributed by atoms with Gasteiger partial charge in [0.25, 0.3) is 0 Å². The first-order chi connectivity index (χ1) is 8.98. The smallest absolute Gasteiger partial charge is 0.179 e. The van der Waals surface area contributed by atoms with Crippen molar-refractivity contribution < 1.29 is 17.6 Å². The van der Waals surface area contributed by atoms with E-state index in [-0.39, 0.29) is 29.4 Å². The molecule has 1 aliphatic rings. The molecule has 0 radical (unpaired) electrons. The summed E-state index contributed by atoms with van der Waals surface area (Å²) in [4.78, 5) is 13.8. The predicted octanol–water partition coefficient (Wildman–Crippen LogP) is 1.13. The van der Waals surface area contributed by atoms with Gasteiger partial charge in [0.2, 0.25) is 0 Å². The normalized spacial score (nSPS) is 19.8. The quantitative estimate of drug-likeness (QED) is 0.781. The van der Waals surface area contributed by atoms with Gasteiger partial charge in [0.1, 0.15) is 5.82 Å². The summed E-state index contributed by atoms with van der Waals surface area (Å²) in [5.41, 5.74) is 0.0644. The Hall–Kier alpha value is -1.27. The van der Waals surface area contributed by atoms with E-state index in [9.17, 15) is 17.6 Å². The summed E-state index contributed by atoms with van der Waals surface area (Å²) in [6, 6.07) is 5.85. The molecule has 1 aliphatic heterocycles. The maximum atomic E-state index is 13.5. The van der Waals surface area contributed by atoms with Gasteiger partial charge in [-0.2, -0.15) is 0 Å². The molecule has 1 saturated heterocycles. The molecular formula is C13H16FNO3S. The van der Waals surface area contributed by atoms with Crippen LogP contribution in [0.15, 0.2) is 24.3 Å². The third kappa shape index (κ3) is 3.84. The Balaban J connectivity index is 2.02. The summed E-state index contributed by atoms with van der Waals surface area (Å²) in [5, 5.41) is 0. The van der Waals surface area contributed by atoms with E-state index in [1.54, 1.807) is 11.0 Å². The lowest BCUT2D eigenvalue weighted by Gasteiger charge is -2.18. The third-order valence-corrected chi connectivity index (χ3v) is 4.90. The summed E-state index contributed by atoms with van der Waals surface area (Å²) in [7, 11) is -2.99. The fourth-order valence-electron chi connectivity index (χ4n) is 2.12. The Morgan fingerprint density at radius 2 is 1.95 bits per heavy atom. The number of hydrogen-bond donors (Lipinski definition) is 0. The van der Waals surface area contributed by atoms with Crippen LogP contribution in [0.25, 0.3) is 0 Å². The van der Waals surface area contributed by atoms with Crippen molar-refractivity contribution in [2.24, 2.45) is 0 Å². The van der Waals surface area contributed by atoms with E-state index in [2.05, 4.69) is 0 Å². The highest BCUT2D eigenvalue weighted by atomic mass is 32.2. The van der Waals surface area contributed by atoms with Crippen molar-refractivity contribution in [2.45, 2.75) is 6.42 Å². The average molecular weight is 285 g/mol. The molecule has 19 heavy (non-hydrogen) atoms. The number of Topliss-reactive ketones (excluding diaryl/α,β-unsaturated/α-hetero) is 1. The molecule has 6 heteroatoms. The van der Waals surface area contributed by atoms with Crippen molar-refractivity contribution in [1.82, 2.24) is 4.90 Å². The second-order valence-electron chi connectivity index (χ2n) is 4.68. The molecule has 2 rings (SSSR count). The highest BCUT2D eigenvalue weighted by molar-refractivity contribution is 7.91. The Morgan fingerprint density at radius 1 is 1.21 bits per heavy atom. The monoisotopic (exact) mass is 285 g/mol. The maximum Gasteiger partial charge on any atom is 0.179 e. The minimum absolute atomic E-state index is 0.0644. The zero-order valence-electron chi connectivity index (χ0n) is 10.5. The van der Waals surface area contributed by atoms with E-state index in [4.69, 9.17) is 0 Å². The zero-order chi connectivity index (χ0) is 13.9. The lowest BCUT2D eigenvalue weighted by Crippen LogP contribution is -2.32. The van der Waals surface area contributed by atoms with E-state index < -0.39 is 15.7 Å². The number of ketones is 1. The Morgan fingerprint density at radius 3 is 2.68 bits per heavy atom. The number of benzene rings is 1. The second kappa shape index (κ2) is 5.79. The Kier molecular flexibility index (Phi) is 4.31. The van der Waals surface area contributed by atoms with Crippen molar-refractivity contribution in [1.29, 1.82) is 0 Å². The van der Waals surface area contributed by atoms with Gasteiger partial charge in [-0.1, -0.05) is 12.1 Å². The van der Waals surface area contributed by atoms with E-state index in [1.165, 1.54) is 18.2 Å². The molecule has 104 valence electrons. The van der Waals surface area contributed by atoms with Crippen molar-refractivity contribution in [2.75, 3.05) is 31.1 Å². The topological polar surface area (TPSA) is 54.5 Å². The van der Waals surface area contributed by atoms with Crippen molar-refractivity contribution in [3.8, 4) is 0 Å². The lowest BCUT2D eigenvalue weighted by atomic mass is 10.1. The van der Waals surface area contributed by atoms with E-state index in [0.29, 0.717) is 19.5 Å². The van der Waals surface area contributed by atoms with Crippen molar-refractivity contribution >= 4 is 15.6 Å². The van der Waals surface area contributed by atoms with Crippen LogP contribution < -0.4 is 0 Å². The van der Waals surface area contributed by atoms with Crippen LogP contribution in [-0.4, -0.2) is 50.2 Å². The molecule has 0 N–H and O–H groups in total. The predicted molar refractivity (Wildman–Crippen MR) is 70.4 cm³/mol. The number of rotatable bonds is 3. The molecule has 4 nitrogen and oxygen atoms in total. The molecule has 0 saturated carbocycles. The molecule has 0 bridgehead atoms. The average Bonchev–Trinajstić information content (AvgIpc) is 2.51. The molecule has 0 spiro atoms. The van der Waals surface area contributed by atoms with Crippen molar-refractivity contribution in [3.05, 3.63) is 35.6 Å². The summed E-state index contributed by atoms with van der Waals surface area (Å²) < 4.78 is 36.4. The number of carbonyl (C=O) groups is 1. The molecule has 1 aromatic rings. The minimum atomic E-state index is -2.99. The summed E-state index contributed by atoms with van der Waals surface area (Å²) >= 11 is 0. The van der Waals surface area contributed by atoms with Crippen LogP contribution >= 0.6 is 0 Å². The fraction of sp³-hybridized carbons (Fsp3) is 0.462. The van der Waals surface area contributed by atoms with E-state index in [1.807, 2.05) is 0 Å². The Bertz CT molecular complexity index is 571. The van der Waals surface area contributed by atoms with Crippen LogP contribution in [-0.2, 0) is 9.84 Å². The van der Waals surface area contributed by atoms with Gasteiger partial charge < -0.3 is 0 Å². The largest absolute Gasteiger partial charge is 0.295 e. The van der Waals surface area contributed by atoms with Crippen LogP contribution in [0.4, 0.5) is 4.39 Å². The van der Waals surface area contributed by atoms with Gasteiger partial charge in [-0.3, -0.25) is 9.69 Å². The summed E-state index contributed by atoms with van der Waals surface area (Å²) in [6.45, 7) is 0.957. The summed E-state index contributed by atoms with van der Waals surface area (Å²) in [6.07, 6.45) is 0.521. The first-order valence-electron chi connectivity index (χ1n) is 6.18. The Labute approximate surface area is 112 Å². The maximum absolute atomic E-state index is 13.5. The third-order valence-electron chi connectivity index (χ3n) is 3.19. The molecule has 0 aromatic heterocycles. The SMILES string of the molecule is O=C(CN1CCCS(=O)(=O)CC1)c1ccccc1F. The molecule has 0 unspecified atom stereocenters. The van der Waals surface area contributed by atoms with Crippen LogP contribution in [0, 0.1) is 5.82 Å². The van der Waals surface area contributed by atoms with Gasteiger partial charge >= 0.3 is 0 Å². The molecule has 0 amide bonds. The van der Waals surface area contributed by atoms with Crippen LogP contribution in [0.2, 0.25) is 0 Å². The van der Waals surface area contributed by atoms with Crippen molar-refractivity contribution in [3.63, 3.8) is 0 Å². The van der Waals surface area contributed by atoms with Gasteiger partial charge in [-0.05, 0) is 25.1 Å². The highest BCUT2D eigenvalue weighted by Gasteiger charge is 2.21. The van der Waals surface area contributed by atoms with Gasteiger partial charge in [-0.15, -0.1) is 0 Å². The number of halogens is 1. The van der Waals surface area contributed by atoms with Gasteiger partial charge in [-0.25, -0.2) is 12.8 Å². The molecule has 0 aliphatic carbocycles. The second-order valence-corrected chi connectivity index (χ2v) is 6.99. The van der Waals surface area contributed by atoms with Gasteiger partial charge in [0, 0.05) is 6.54 Å². The zero-order valence-corrected chi connectivity index (χ0v) is 11.3. The fourth-order valence-corrected chi connectivity index (χ4v) is 3.43. The minimum Gasteiger partial charge on any atom is -0.295 e. The number of nitrogens with zero attached hydrogens (tertiary/aromatic N) is 1. The molecular weight excluding hydrogens is 269 g/mol. The standard InChI is InChI=1S/C13H16FNO3S/c14-12-5-2-1-4-11(12)13(16)10-15-6-3-8-19(17,18)9-7-15/h1-2,4-5H,3,6-10H2. The van der Waals surface area contributed by atoms with E-state index >= 15 is 0 Å². The van der Waals surface area contributed by atoms with Crippen LogP contribution in [0.3, 0.4) is 0 Å². The lowest BCUT2D eigenvalue weighted by molar-refractivity contribution is 0.0931. The number of hydrogen-bond acceptors (Lipinski definition) is 4. The highest BCUT2D eigenvalue weighted by Crippen LogP contribution is 2.10. The molecule has 1 fully saturated rings. The number of carbonyl (C=O) groups excluding carboxylic acids is 1. The summed E-state index contributed by atoms with van der Waals surface area (Å²) in [5.74, 6) is -0.609. The van der Waals surface area contributed by atoms with Crippen LogP contribution in [0.5, 0.6) is 0 Å².